The summed E-state index contributed by atoms with van der Waals surface area (Å²) in [5.41, 5.74) is 20.7. The molecule has 6 heterocycles. The molecule has 3 aliphatic rings. The number of para-hydroxylation sites is 2. The number of phenolic OH excluding ortho intramolecular Hbond substituents is 1. The number of benzene rings is 3. The highest BCUT2D eigenvalue weighted by Crippen LogP contribution is 2.34. The van der Waals surface area contributed by atoms with Gasteiger partial charge in [0.1, 0.15) is 78.3 Å². The zero-order chi connectivity index (χ0) is 98.4. The minimum absolute atomic E-state index is 0.000468. The van der Waals surface area contributed by atoms with E-state index in [4.69, 9.17) is 22.6 Å². The van der Waals surface area contributed by atoms with Crippen molar-refractivity contribution in [3.63, 3.8) is 0 Å². The Morgan fingerprint density at radius 1 is 0.585 bits per heavy atom. The van der Waals surface area contributed by atoms with Crippen LogP contribution in [0.25, 0.3) is 21.8 Å². The number of aliphatic hydroxyl groups is 2. The van der Waals surface area contributed by atoms with Crippen molar-refractivity contribution >= 4 is 128 Å². The molecule has 6 aromatic rings. The van der Waals surface area contributed by atoms with Crippen LogP contribution in [0.5, 0.6) is 5.75 Å². The summed E-state index contributed by atoms with van der Waals surface area (Å²) in [6, 6.07) is 2.35. The molecule has 16 atom stereocenters. The largest absolute Gasteiger partial charge is 0.508 e. The van der Waals surface area contributed by atoms with Crippen LogP contribution in [0.3, 0.4) is 0 Å². The number of aromatic hydroxyl groups is 1. The number of aliphatic hydroxyl groups excluding tert-OH is 2. The van der Waals surface area contributed by atoms with Crippen molar-refractivity contribution in [1.82, 2.24) is 97.6 Å². The first-order valence-electron chi connectivity index (χ1n) is 46.3. The van der Waals surface area contributed by atoms with Crippen molar-refractivity contribution in [2.45, 2.75) is 242 Å². The fourth-order valence-electron chi connectivity index (χ4n) is 17.6. The molecule has 3 aromatic heterocycles. The van der Waals surface area contributed by atoms with Crippen molar-refractivity contribution in [1.29, 1.82) is 5.41 Å². The molecule has 0 radical (unpaired) electrons. The van der Waals surface area contributed by atoms with Gasteiger partial charge in [-0.1, -0.05) is 109 Å². The quantitative estimate of drug-likeness (QED) is 0.0188. The minimum Gasteiger partial charge on any atom is -0.508 e. The summed E-state index contributed by atoms with van der Waals surface area (Å²) in [4.78, 5) is 243. The Kier molecular flexibility index (Phi) is 40.1. The van der Waals surface area contributed by atoms with Crippen molar-refractivity contribution < 1.29 is 87.2 Å². The predicted octanol–water partition coefficient (Wildman–Crippen LogP) is -0.298. The number of thioether (sulfide) groups is 1. The van der Waals surface area contributed by atoms with E-state index in [-0.39, 0.29) is 121 Å². The number of fused-ring (bicyclic) bond motifs is 4. The molecule has 3 fully saturated rings. The number of aromatic nitrogens is 4. The Bertz CT molecular complexity index is 5090. The van der Waals surface area contributed by atoms with Gasteiger partial charge < -0.3 is 125 Å². The lowest BCUT2D eigenvalue weighted by Gasteiger charge is -2.36. The number of unbranched alkanes of at least 4 members (excludes halogenated alkanes) is 2. The first-order valence-corrected chi connectivity index (χ1v) is 47.5. The number of nitrogens with zero attached hydrogens (tertiary/aromatic N) is 6. The van der Waals surface area contributed by atoms with Gasteiger partial charge >= 0.3 is 0 Å². The Morgan fingerprint density at radius 2 is 1.16 bits per heavy atom. The second-order valence-corrected chi connectivity index (χ2v) is 36.8. The third-order valence-electron chi connectivity index (χ3n) is 25.2. The fourth-order valence-corrected chi connectivity index (χ4v) is 18.5. The van der Waals surface area contributed by atoms with Crippen molar-refractivity contribution in [2.24, 2.45) is 35.0 Å². The average molecular weight is 1900 g/mol. The summed E-state index contributed by atoms with van der Waals surface area (Å²) in [5.74, 6) is -15.6. The molecule has 0 aliphatic carbocycles. The molecule has 23 N–H and O–H groups in total. The molecule has 0 saturated carbocycles. The van der Waals surface area contributed by atoms with E-state index in [0.717, 1.165) is 27.6 Å². The number of phenols is 1. The van der Waals surface area contributed by atoms with Crippen molar-refractivity contribution in [2.75, 3.05) is 72.0 Å². The number of nitrogens with one attached hydrogen (secondary N) is 14. The molecule has 736 valence electrons. The third-order valence-corrected chi connectivity index (χ3v) is 26.2. The molecule has 135 heavy (non-hydrogen) atoms. The summed E-state index contributed by atoms with van der Waals surface area (Å²) in [6.07, 6.45) is 6.67. The number of aromatic amines is 3. The normalized spacial score (nSPS) is 25.4. The smallest absolute Gasteiger partial charge is 0.245 e. The van der Waals surface area contributed by atoms with Gasteiger partial charge in [-0.2, -0.15) is 0 Å². The van der Waals surface area contributed by atoms with Crippen LogP contribution < -0.4 is 70.4 Å². The van der Waals surface area contributed by atoms with Gasteiger partial charge in [0.15, 0.2) is 5.96 Å². The molecule has 42 heteroatoms. The van der Waals surface area contributed by atoms with E-state index in [1.54, 1.807) is 24.5 Å². The summed E-state index contributed by atoms with van der Waals surface area (Å²) < 4.78 is 0. The van der Waals surface area contributed by atoms with Gasteiger partial charge in [-0.3, -0.25) is 77.3 Å². The van der Waals surface area contributed by atoms with E-state index in [1.165, 1.54) is 84.5 Å². The van der Waals surface area contributed by atoms with Crippen LogP contribution in [0.15, 0.2) is 97.7 Å². The van der Waals surface area contributed by atoms with Crippen LogP contribution in [0, 0.1) is 23.2 Å². The maximum absolute atomic E-state index is 15.8. The Labute approximate surface area is 789 Å². The number of amides is 15. The maximum Gasteiger partial charge on any atom is 0.245 e. The van der Waals surface area contributed by atoms with Crippen molar-refractivity contribution in [3.8, 4) is 5.75 Å². The highest BCUT2D eigenvalue weighted by Gasteiger charge is 2.46. The fraction of sp³-hybridized carbons (Fsp3) is 0.559. The van der Waals surface area contributed by atoms with Gasteiger partial charge in [0.2, 0.25) is 88.6 Å². The highest BCUT2D eigenvalue weighted by atomic mass is 32.2. The van der Waals surface area contributed by atoms with Gasteiger partial charge in [0.05, 0.1) is 37.0 Å². The molecule has 3 aromatic carbocycles. The van der Waals surface area contributed by atoms with Gasteiger partial charge in [-0.25, -0.2) is 4.98 Å². The van der Waals surface area contributed by atoms with Gasteiger partial charge in [0.25, 0.3) is 0 Å². The third kappa shape index (κ3) is 29.7. The number of H-pyrrole nitrogens is 3. The van der Waals surface area contributed by atoms with E-state index in [9.17, 15) is 53.7 Å². The number of imidazole rings is 1. The lowest BCUT2D eigenvalue weighted by atomic mass is 9.84. The second kappa shape index (κ2) is 51.1. The number of likely N-dealkylation sites (N-methyl/N-ethyl adjacent to an activating group) is 3. The number of hydrogen-bond donors (Lipinski definition) is 20. The average Bonchev–Trinajstić information content (AvgIpc) is 1.70. The number of nitrogens with two attached hydrogens (primary N) is 3. The Balaban J connectivity index is 1.10. The molecule has 9 rings (SSSR count). The van der Waals surface area contributed by atoms with Gasteiger partial charge in [0, 0.05) is 118 Å². The molecular weight excluding hydrogens is 1760 g/mol. The zero-order valence-corrected chi connectivity index (χ0v) is 79.0. The Morgan fingerprint density at radius 3 is 1.79 bits per heavy atom. The van der Waals surface area contributed by atoms with Crippen LogP contribution in [0.4, 0.5) is 0 Å². The molecule has 0 spiro atoms. The number of guanidine groups is 1. The highest BCUT2D eigenvalue weighted by molar-refractivity contribution is 8.00. The molecule has 15 amide bonds. The molecule has 3 saturated heterocycles. The van der Waals surface area contributed by atoms with E-state index in [2.05, 4.69) is 73.1 Å². The van der Waals surface area contributed by atoms with Crippen LogP contribution in [-0.2, 0) is 97.6 Å². The van der Waals surface area contributed by atoms with E-state index < -0.39 is 216 Å². The number of rotatable bonds is 26. The second-order valence-electron chi connectivity index (χ2n) is 35.8. The predicted molar refractivity (Wildman–Crippen MR) is 505 cm³/mol. The van der Waals surface area contributed by atoms with Crippen LogP contribution in [0.2, 0.25) is 0 Å². The topological polar surface area (TPSA) is 615 Å². The number of primary amides is 1. The van der Waals surface area contributed by atoms with Crippen LogP contribution >= 0.6 is 11.8 Å². The van der Waals surface area contributed by atoms with Gasteiger partial charge in [-0.15, -0.1) is 11.8 Å². The first kappa shape index (κ1) is 106. The summed E-state index contributed by atoms with van der Waals surface area (Å²) in [6.45, 7) is 8.62. The van der Waals surface area contributed by atoms with E-state index in [1.807, 2.05) is 71.0 Å². The monoisotopic (exact) mass is 1890 g/mol. The summed E-state index contributed by atoms with van der Waals surface area (Å²) in [5, 5.41) is 69.9. The summed E-state index contributed by atoms with van der Waals surface area (Å²) in [7, 11) is 4.06. The lowest BCUT2D eigenvalue weighted by Crippen LogP contribution is -2.61. The molecular formula is C93H135N23O18S. The van der Waals surface area contributed by atoms with E-state index in [0.29, 0.717) is 65.4 Å². The Hall–Kier alpha value is -12.7. The van der Waals surface area contributed by atoms with Gasteiger partial charge in [-0.05, 0) is 137 Å². The molecule has 1 unspecified atom stereocenters. The molecule has 3 aliphatic heterocycles. The number of carbonyl (C=O) groups excluding carboxylic acids is 15. The molecule has 0 bridgehead atoms. The van der Waals surface area contributed by atoms with E-state index >= 15 is 33.6 Å². The lowest BCUT2D eigenvalue weighted by molar-refractivity contribution is -0.149. The number of carbonyl (C=O) groups is 15. The van der Waals surface area contributed by atoms with Crippen LogP contribution in [-0.4, -0.2) is 311 Å². The SMILES string of the molecule is CCCC[C@H]1C(=O)N(C)[C@@H](CCCC)C(=O)N[C@@H](CCCNC(=N)N)C(=O)N[C@H](C(=O)NCC(N)=O)CSCC(=O)N[C@@H](Cc2ccc(O)cc2)C(=O)N(C)[C@@H](C)C(=O)N[C@@H](CCN)C(=O)N2CCC[C@H]2C(=O)N[C@@H](Cc2c[nH]cn2)C(=O)N[C@@H](CC(C)C)C(=O)N2C[C@H](O)C[C@H]2C(C)C[C@@H](Cc2c[nH]c3ccccc23)C(=O)N[C@@H](CO)C(=O)N[C@@H](Cc2c[nH]c3ccccc23)C(=O)N1C. The standard InChI is InChI=1S/C93H135N23O18S/c1-10-12-25-74-86(128)105-66(24-18-34-99-93(96)97)83(125)111-73(82(124)102-46-78(95)120)49-135-50-79(121)104-70(38-55-28-30-60(118)31-29-55)88(130)112(7)54(6)80(122)106-67(32-33-94)90(132)115-35-19-27-75(115)87(129)107-68(41-59-45-98-51-103-59)84(126)108-69(36-52(3)4)91(133)116-47-61(119)42-77(116)53(5)37-56(39-57-43-100-64-22-16-14-20-62(57)64)81(123)110-72(48-117)85(127)109-71(40-58-44-101-65-23-17-15-21-63(58)65)89(131)114(9)76(26-13-11-2)92(134)113(74)8/h14-17,20-23,28-31,43-45,51-54,56,61,66-77,100-101,117-119H,10-13,18-19,24-27,32-42,46-50,94H2,1-9H3,(H2,95,120)(H,98,103)(H,102,124)(H,104,121)(H,105,128)(H,106,122)(H,107,129)(H,108,126)(H,109,127)(H,110,123)(H,111,125)(H4,96,97,99)/t53?,54-,56-,61+,66-,67-,68-,69-,70-,71-,72-,73-,74-,75-,76-,77-/m0/s1. The first-order chi connectivity index (χ1) is 64.4. The summed E-state index contributed by atoms with van der Waals surface area (Å²) >= 11 is 0.799. The van der Waals surface area contributed by atoms with Crippen LogP contribution in [0.1, 0.15) is 154 Å². The maximum atomic E-state index is 15.8. The zero-order valence-electron chi connectivity index (χ0n) is 78.2. The minimum atomic E-state index is -1.73. The number of hydrogen-bond acceptors (Lipinski definition) is 22. The molecule has 41 nitrogen and oxygen atoms in total. The van der Waals surface area contributed by atoms with Crippen molar-refractivity contribution in [3.05, 3.63) is 120 Å².